The molecule has 0 aliphatic carbocycles. The molecule has 0 spiro atoms. The number of ether oxygens (including phenoxy) is 2. The SMILES string of the molecule is COc1cc2c(-c3ncnc(Nc4cc([N+](=O)[O-])c(F)cc4OC)n3)cn(C)c2cc1C. The molecule has 0 atom stereocenters. The van der Waals surface area contributed by atoms with E-state index in [1.165, 1.54) is 13.4 Å². The number of aromatic nitrogens is 4. The van der Waals surface area contributed by atoms with E-state index in [0.717, 1.165) is 39.9 Å². The Morgan fingerprint density at radius 2 is 1.88 bits per heavy atom. The van der Waals surface area contributed by atoms with Crippen LogP contribution in [0.3, 0.4) is 0 Å². The quantitative estimate of drug-likeness (QED) is 0.352. The van der Waals surface area contributed by atoms with Gasteiger partial charge in [0.25, 0.3) is 0 Å². The maximum atomic E-state index is 13.9. The van der Waals surface area contributed by atoms with Crippen molar-refractivity contribution >= 4 is 28.2 Å². The minimum absolute atomic E-state index is 0.0698. The van der Waals surface area contributed by atoms with Crippen LogP contribution in [0, 0.1) is 22.9 Å². The Balaban J connectivity index is 1.78. The fraction of sp³-hybridized carbons (Fsp3) is 0.190. The van der Waals surface area contributed by atoms with Crippen molar-refractivity contribution in [3.8, 4) is 22.9 Å². The Morgan fingerprint density at radius 1 is 1.12 bits per heavy atom. The van der Waals surface area contributed by atoms with E-state index in [1.54, 1.807) is 7.11 Å². The molecule has 32 heavy (non-hydrogen) atoms. The van der Waals surface area contributed by atoms with Crippen LogP contribution in [0.5, 0.6) is 11.5 Å². The number of hydrogen-bond donors (Lipinski definition) is 1. The van der Waals surface area contributed by atoms with Gasteiger partial charge in [0.15, 0.2) is 5.82 Å². The van der Waals surface area contributed by atoms with Crippen molar-refractivity contribution in [2.45, 2.75) is 6.92 Å². The first-order valence-corrected chi connectivity index (χ1v) is 9.44. The third-order valence-electron chi connectivity index (χ3n) is 5.03. The van der Waals surface area contributed by atoms with Gasteiger partial charge in [-0.1, -0.05) is 0 Å². The van der Waals surface area contributed by atoms with Gasteiger partial charge in [0.1, 0.15) is 17.8 Å². The summed E-state index contributed by atoms with van der Waals surface area (Å²) in [6, 6.07) is 5.90. The molecule has 10 nitrogen and oxygen atoms in total. The summed E-state index contributed by atoms with van der Waals surface area (Å²) in [7, 11) is 4.85. The van der Waals surface area contributed by atoms with Gasteiger partial charge in [-0.15, -0.1) is 0 Å². The summed E-state index contributed by atoms with van der Waals surface area (Å²) in [4.78, 5) is 23.1. The lowest BCUT2D eigenvalue weighted by molar-refractivity contribution is -0.387. The average Bonchev–Trinajstić information content (AvgIpc) is 3.09. The maximum absolute atomic E-state index is 13.9. The predicted octanol–water partition coefficient (Wildman–Crippen LogP) is 4.15. The molecule has 164 valence electrons. The monoisotopic (exact) mass is 438 g/mol. The summed E-state index contributed by atoms with van der Waals surface area (Å²) in [5.74, 6) is 0.301. The van der Waals surface area contributed by atoms with E-state index in [-0.39, 0.29) is 17.4 Å². The number of nitro benzene ring substituents is 1. The zero-order valence-corrected chi connectivity index (χ0v) is 17.7. The molecule has 2 heterocycles. The molecule has 4 aromatic rings. The second kappa shape index (κ2) is 8.10. The molecule has 0 unspecified atom stereocenters. The minimum Gasteiger partial charge on any atom is -0.496 e. The van der Waals surface area contributed by atoms with Crippen LogP contribution in [0.1, 0.15) is 5.56 Å². The van der Waals surface area contributed by atoms with Crippen LogP contribution in [-0.2, 0) is 7.05 Å². The summed E-state index contributed by atoms with van der Waals surface area (Å²) < 4.78 is 26.5. The Bertz CT molecular complexity index is 1350. The number of nitro groups is 1. The molecular weight excluding hydrogens is 419 g/mol. The number of methoxy groups -OCH3 is 2. The van der Waals surface area contributed by atoms with Gasteiger partial charge in [0, 0.05) is 41.8 Å². The third-order valence-corrected chi connectivity index (χ3v) is 5.03. The standard InChI is InChI=1S/C21H19FN6O4/c1-11-5-16-12(6-18(11)31-3)13(9-27(16)2)20-23-10-24-21(26-20)25-15-8-17(28(29)30)14(22)7-19(15)32-4/h5-10H,1-4H3,(H,23,24,25,26). The summed E-state index contributed by atoms with van der Waals surface area (Å²) in [6.07, 6.45) is 3.21. The van der Waals surface area contributed by atoms with Crippen molar-refractivity contribution in [1.82, 2.24) is 19.5 Å². The van der Waals surface area contributed by atoms with Gasteiger partial charge in [-0.25, -0.2) is 9.97 Å². The number of nitrogens with one attached hydrogen (secondary N) is 1. The molecule has 0 aliphatic rings. The van der Waals surface area contributed by atoms with Gasteiger partial charge in [-0.2, -0.15) is 9.37 Å². The van der Waals surface area contributed by atoms with E-state index in [2.05, 4.69) is 20.3 Å². The highest BCUT2D eigenvalue weighted by molar-refractivity contribution is 5.96. The predicted molar refractivity (Wildman–Crippen MR) is 116 cm³/mol. The largest absolute Gasteiger partial charge is 0.496 e. The number of benzene rings is 2. The summed E-state index contributed by atoms with van der Waals surface area (Å²) >= 11 is 0. The van der Waals surface area contributed by atoms with Crippen LogP contribution >= 0.6 is 0 Å². The van der Waals surface area contributed by atoms with Gasteiger partial charge in [0.05, 0.1) is 24.8 Å². The highest BCUT2D eigenvalue weighted by Gasteiger charge is 2.20. The van der Waals surface area contributed by atoms with Crippen molar-refractivity contribution < 1.29 is 18.8 Å². The fourth-order valence-corrected chi connectivity index (χ4v) is 3.47. The number of hydrogen-bond acceptors (Lipinski definition) is 8. The number of rotatable bonds is 6. The lowest BCUT2D eigenvalue weighted by atomic mass is 10.1. The molecular formula is C21H19FN6O4. The van der Waals surface area contributed by atoms with Crippen molar-refractivity contribution in [3.63, 3.8) is 0 Å². The van der Waals surface area contributed by atoms with Crippen LogP contribution in [-0.4, -0.2) is 38.7 Å². The number of halogens is 1. The first kappa shape index (κ1) is 21.0. The third kappa shape index (κ3) is 3.64. The van der Waals surface area contributed by atoms with E-state index >= 15 is 0 Å². The number of fused-ring (bicyclic) bond motifs is 1. The molecule has 0 amide bonds. The molecule has 0 bridgehead atoms. The molecule has 0 saturated heterocycles. The van der Waals surface area contributed by atoms with Crippen LogP contribution < -0.4 is 14.8 Å². The van der Waals surface area contributed by atoms with Gasteiger partial charge < -0.3 is 19.4 Å². The lowest BCUT2D eigenvalue weighted by Crippen LogP contribution is -2.03. The maximum Gasteiger partial charge on any atom is 0.307 e. The smallest absolute Gasteiger partial charge is 0.307 e. The van der Waals surface area contributed by atoms with E-state index in [9.17, 15) is 14.5 Å². The fourth-order valence-electron chi connectivity index (χ4n) is 3.47. The Morgan fingerprint density at radius 3 is 2.56 bits per heavy atom. The van der Waals surface area contributed by atoms with Crippen LogP contribution in [0.2, 0.25) is 0 Å². The van der Waals surface area contributed by atoms with Gasteiger partial charge in [0.2, 0.25) is 11.8 Å². The average molecular weight is 438 g/mol. The Hall–Kier alpha value is -4.28. The van der Waals surface area contributed by atoms with Crippen molar-refractivity contribution in [2.24, 2.45) is 7.05 Å². The highest BCUT2D eigenvalue weighted by Crippen LogP contribution is 2.35. The van der Waals surface area contributed by atoms with Crippen molar-refractivity contribution in [3.05, 3.63) is 58.3 Å². The Kier molecular flexibility index (Phi) is 5.31. The number of aryl methyl sites for hydroxylation is 2. The minimum atomic E-state index is -1.01. The van der Waals surface area contributed by atoms with Gasteiger partial charge in [-0.3, -0.25) is 10.1 Å². The van der Waals surface area contributed by atoms with Gasteiger partial charge >= 0.3 is 5.69 Å². The normalized spacial score (nSPS) is 10.9. The van der Waals surface area contributed by atoms with E-state index < -0.39 is 16.4 Å². The van der Waals surface area contributed by atoms with Gasteiger partial charge in [-0.05, 0) is 24.6 Å². The highest BCUT2D eigenvalue weighted by atomic mass is 19.1. The number of nitrogens with zero attached hydrogens (tertiary/aromatic N) is 5. The second-order valence-electron chi connectivity index (χ2n) is 7.01. The van der Waals surface area contributed by atoms with Crippen LogP contribution in [0.15, 0.2) is 36.8 Å². The van der Waals surface area contributed by atoms with Crippen molar-refractivity contribution in [2.75, 3.05) is 19.5 Å². The topological polar surface area (TPSA) is 117 Å². The Labute approximate surface area is 181 Å². The first-order chi connectivity index (χ1) is 15.3. The number of anilines is 2. The molecule has 4 rings (SSSR count). The zero-order chi connectivity index (χ0) is 23.0. The molecule has 11 heteroatoms. The first-order valence-electron chi connectivity index (χ1n) is 9.44. The molecule has 2 aromatic carbocycles. The van der Waals surface area contributed by atoms with E-state index in [4.69, 9.17) is 9.47 Å². The lowest BCUT2D eigenvalue weighted by Gasteiger charge is -2.10. The van der Waals surface area contributed by atoms with Crippen LogP contribution in [0.4, 0.5) is 21.7 Å². The second-order valence-corrected chi connectivity index (χ2v) is 7.01. The molecule has 0 fully saturated rings. The summed E-state index contributed by atoms with van der Waals surface area (Å²) in [5, 5.41) is 14.9. The summed E-state index contributed by atoms with van der Waals surface area (Å²) in [5.41, 5.74) is 2.18. The van der Waals surface area contributed by atoms with E-state index in [1.807, 2.05) is 36.9 Å². The molecule has 1 N–H and O–H groups in total. The van der Waals surface area contributed by atoms with E-state index in [0.29, 0.717) is 5.82 Å². The molecule has 0 aliphatic heterocycles. The zero-order valence-electron chi connectivity index (χ0n) is 17.7. The molecule has 2 aromatic heterocycles. The molecule has 0 radical (unpaired) electrons. The van der Waals surface area contributed by atoms with Crippen molar-refractivity contribution in [1.29, 1.82) is 0 Å². The molecule has 0 saturated carbocycles. The van der Waals surface area contributed by atoms with Crippen LogP contribution in [0.25, 0.3) is 22.3 Å². The summed E-state index contributed by atoms with van der Waals surface area (Å²) in [6.45, 7) is 1.96.